The highest BCUT2D eigenvalue weighted by Crippen LogP contribution is 2.20. The van der Waals surface area contributed by atoms with Crippen molar-refractivity contribution >= 4 is 21.8 Å². The van der Waals surface area contributed by atoms with E-state index in [-0.39, 0.29) is 24.0 Å². The molecule has 0 atom stereocenters. The summed E-state index contributed by atoms with van der Waals surface area (Å²) in [7, 11) is 1.59. The van der Waals surface area contributed by atoms with Crippen LogP contribution in [0.15, 0.2) is 53.1 Å². The van der Waals surface area contributed by atoms with Crippen molar-refractivity contribution in [3.63, 3.8) is 0 Å². The van der Waals surface area contributed by atoms with E-state index in [0.29, 0.717) is 16.8 Å². The zero-order valence-corrected chi connectivity index (χ0v) is 15.8. The zero-order chi connectivity index (χ0) is 18.8. The van der Waals surface area contributed by atoms with Crippen LogP contribution in [0, 0.1) is 18.6 Å². The van der Waals surface area contributed by atoms with Gasteiger partial charge in [0, 0.05) is 23.6 Å². The summed E-state index contributed by atoms with van der Waals surface area (Å²) in [6, 6.07) is 10.8. The molecule has 0 radical (unpaired) electrons. The fourth-order valence-corrected chi connectivity index (χ4v) is 3.09. The summed E-state index contributed by atoms with van der Waals surface area (Å²) in [6.07, 6.45) is 1.40. The summed E-state index contributed by atoms with van der Waals surface area (Å²) in [4.78, 5) is 14.1. The Hall–Kier alpha value is -2.54. The van der Waals surface area contributed by atoms with Crippen molar-refractivity contribution in [3.8, 4) is 5.69 Å². The van der Waals surface area contributed by atoms with Crippen LogP contribution in [0.5, 0.6) is 0 Å². The Morgan fingerprint density at radius 1 is 1.19 bits per heavy atom. The summed E-state index contributed by atoms with van der Waals surface area (Å²) in [5.41, 5.74) is 1.52. The molecule has 0 aliphatic heterocycles. The maximum atomic E-state index is 14.0. The molecule has 0 aliphatic carbocycles. The minimum absolute atomic E-state index is 0.106. The highest BCUT2D eigenvalue weighted by atomic mass is 79.9. The van der Waals surface area contributed by atoms with Gasteiger partial charge < -0.3 is 4.90 Å². The number of hydrogen-bond acceptors (Lipinski definition) is 2. The lowest BCUT2D eigenvalue weighted by molar-refractivity contribution is 0.0783. The number of benzene rings is 2. The molecular formula is C19H16BrF2N3O. The highest BCUT2D eigenvalue weighted by molar-refractivity contribution is 9.10. The fourth-order valence-electron chi connectivity index (χ4n) is 2.68. The largest absolute Gasteiger partial charge is 0.337 e. The number of para-hydroxylation sites is 1. The topological polar surface area (TPSA) is 38.1 Å². The third kappa shape index (κ3) is 3.53. The number of aromatic nitrogens is 2. The summed E-state index contributed by atoms with van der Waals surface area (Å²) >= 11 is 3.30. The quantitative estimate of drug-likeness (QED) is 0.624. The minimum Gasteiger partial charge on any atom is -0.337 e. The second-order valence-electron chi connectivity index (χ2n) is 5.90. The van der Waals surface area contributed by atoms with E-state index in [1.54, 1.807) is 44.3 Å². The van der Waals surface area contributed by atoms with Crippen LogP contribution in [-0.2, 0) is 6.54 Å². The molecule has 0 saturated carbocycles. The first-order chi connectivity index (χ1) is 12.4. The number of carbonyl (C=O) groups is 1. The zero-order valence-electron chi connectivity index (χ0n) is 14.2. The van der Waals surface area contributed by atoms with Crippen LogP contribution in [-0.4, -0.2) is 27.6 Å². The molecule has 1 heterocycles. The van der Waals surface area contributed by atoms with E-state index in [2.05, 4.69) is 21.0 Å². The molecule has 0 unspecified atom stereocenters. The first-order valence-electron chi connectivity index (χ1n) is 7.87. The van der Waals surface area contributed by atoms with Crippen LogP contribution in [0.25, 0.3) is 5.69 Å². The van der Waals surface area contributed by atoms with Gasteiger partial charge in [0.2, 0.25) is 0 Å². The van der Waals surface area contributed by atoms with Gasteiger partial charge in [-0.25, -0.2) is 13.5 Å². The molecule has 26 heavy (non-hydrogen) atoms. The van der Waals surface area contributed by atoms with Gasteiger partial charge in [0.05, 0.1) is 17.5 Å². The van der Waals surface area contributed by atoms with Gasteiger partial charge in [-0.1, -0.05) is 28.1 Å². The molecule has 3 aromatic rings. The molecule has 0 N–H and O–H groups in total. The van der Waals surface area contributed by atoms with Crippen LogP contribution in [0.2, 0.25) is 0 Å². The Morgan fingerprint density at radius 3 is 2.65 bits per heavy atom. The summed E-state index contributed by atoms with van der Waals surface area (Å²) in [5, 5.41) is 4.14. The molecule has 0 saturated heterocycles. The van der Waals surface area contributed by atoms with E-state index in [9.17, 15) is 13.6 Å². The number of nitrogens with zero attached hydrogens (tertiary/aromatic N) is 3. The van der Waals surface area contributed by atoms with Gasteiger partial charge in [-0.05, 0) is 37.3 Å². The molecule has 0 aliphatic rings. The number of hydrogen-bond donors (Lipinski definition) is 0. The van der Waals surface area contributed by atoms with Crippen molar-refractivity contribution in [2.75, 3.05) is 7.05 Å². The maximum Gasteiger partial charge on any atom is 0.257 e. The Bertz CT molecular complexity index is 971. The SMILES string of the molecule is Cc1c(C(=O)N(C)Cc2cc(Br)ccc2F)cnn1-c1ccccc1F. The van der Waals surface area contributed by atoms with Gasteiger partial charge >= 0.3 is 0 Å². The van der Waals surface area contributed by atoms with Gasteiger partial charge in [0.1, 0.15) is 17.3 Å². The van der Waals surface area contributed by atoms with Crippen molar-refractivity contribution in [1.82, 2.24) is 14.7 Å². The Morgan fingerprint density at radius 2 is 1.92 bits per heavy atom. The van der Waals surface area contributed by atoms with Crippen LogP contribution < -0.4 is 0 Å². The molecule has 7 heteroatoms. The summed E-state index contributed by atoms with van der Waals surface area (Å²) < 4.78 is 30.0. The number of halogens is 3. The van der Waals surface area contributed by atoms with Gasteiger partial charge in [-0.3, -0.25) is 4.79 Å². The summed E-state index contributed by atoms with van der Waals surface area (Å²) in [6.45, 7) is 1.80. The molecule has 1 aromatic heterocycles. The molecule has 0 bridgehead atoms. The second kappa shape index (κ2) is 7.37. The lowest BCUT2D eigenvalue weighted by atomic mass is 10.1. The van der Waals surface area contributed by atoms with E-state index in [1.165, 1.54) is 27.9 Å². The van der Waals surface area contributed by atoms with Crippen LogP contribution in [0.4, 0.5) is 8.78 Å². The van der Waals surface area contributed by atoms with Crippen molar-refractivity contribution in [2.24, 2.45) is 0 Å². The number of rotatable bonds is 4. The van der Waals surface area contributed by atoms with Gasteiger partial charge in [-0.15, -0.1) is 0 Å². The molecule has 2 aromatic carbocycles. The van der Waals surface area contributed by atoms with E-state index in [0.717, 1.165) is 4.47 Å². The molecule has 134 valence electrons. The van der Waals surface area contributed by atoms with Crippen LogP contribution >= 0.6 is 15.9 Å². The first-order valence-corrected chi connectivity index (χ1v) is 8.66. The predicted molar refractivity (Wildman–Crippen MR) is 98.2 cm³/mol. The molecule has 0 fully saturated rings. The first kappa shape index (κ1) is 18.3. The van der Waals surface area contributed by atoms with Gasteiger partial charge in [0.15, 0.2) is 0 Å². The number of amides is 1. The van der Waals surface area contributed by atoms with Crippen LogP contribution in [0.3, 0.4) is 0 Å². The normalized spacial score (nSPS) is 10.8. The second-order valence-corrected chi connectivity index (χ2v) is 6.82. The van der Waals surface area contributed by atoms with E-state index in [1.807, 2.05) is 0 Å². The lowest BCUT2D eigenvalue weighted by Crippen LogP contribution is -2.27. The molecule has 3 rings (SSSR count). The molecule has 4 nitrogen and oxygen atoms in total. The minimum atomic E-state index is -0.428. The Kier molecular flexibility index (Phi) is 5.18. The van der Waals surface area contributed by atoms with Crippen molar-refractivity contribution in [1.29, 1.82) is 0 Å². The van der Waals surface area contributed by atoms with Crippen molar-refractivity contribution in [2.45, 2.75) is 13.5 Å². The Labute approximate surface area is 158 Å². The maximum absolute atomic E-state index is 14.0. The monoisotopic (exact) mass is 419 g/mol. The highest BCUT2D eigenvalue weighted by Gasteiger charge is 2.20. The van der Waals surface area contributed by atoms with Gasteiger partial charge in [-0.2, -0.15) is 5.10 Å². The summed E-state index contributed by atoms with van der Waals surface area (Å²) in [5.74, 6) is -1.13. The molecule has 1 amide bonds. The van der Waals surface area contributed by atoms with Crippen LogP contribution in [0.1, 0.15) is 21.6 Å². The molecule has 0 spiro atoms. The van der Waals surface area contributed by atoms with E-state index in [4.69, 9.17) is 0 Å². The average molecular weight is 420 g/mol. The van der Waals surface area contributed by atoms with E-state index < -0.39 is 5.82 Å². The van der Waals surface area contributed by atoms with E-state index >= 15 is 0 Å². The third-order valence-electron chi connectivity index (χ3n) is 4.08. The fraction of sp³-hybridized carbons (Fsp3) is 0.158. The Balaban J connectivity index is 1.86. The third-order valence-corrected chi connectivity index (χ3v) is 4.58. The smallest absolute Gasteiger partial charge is 0.257 e. The van der Waals surface area contributed by atoms with Crippen molar-refractivity contribution < 1.29 is 13.6 Å². The predicted octanol–water partition coefficient (Wildman–Crippen LogP) is 4.49. The van der Waals surface area contributed by atoms with Gasteiger partial charge in [0.25, 0.3) is 5.91 Å². The lowest BCUT2D eigenvalue weighted by Gasteiger charge is -2.18. The average Bonchev–Trinajstić information content (AvgIpc) is 2.99. The number of carbonyl (C=O) groups excluding carboxylic acids is 1. The standard InChI is InChI=1S/C19H16BrF2N3O/c1-12-15(10-23-25(12)18-6-4-3-5-17(18)22)19(26)24(2)11-13-9-14(20)7-8-16(13)21/h3-10H,11H2,1-2H3. The van der Waals surface area contributed by atoms with Crippen molar-refractivity contribution in [3.05, 3.63) is 81.6 Å². The molecular weight excluding hydrogens is 404 g/mol.